The molecule has 0 aliphatic carbocycles. The van der Waals surface area contributed by atoms with Crippen LogP contribution in [-0.2, 0) is 0 Å². The number of methoxy groups -OCH3 is 1. The molecular weight excluding hydrogens is 268 g/mol. The molecule has 98 valence electrons. The summed E-state index contributed by atoms with van der Waals surface area (Å²) in [4.78, 5) is 19.2. The Bertz CT molecular complexity index is 646. The summed E-state index contributed by atoms with van der Waals surface area (Å²) < 4.78 is 5.20. The molecule has 0 bridgehead atoms. The summed E-state index contributed by atoms with van der Waals surface area (Å²) in [5, 5.41) is 0.530. The second kappa shape index (κ2) is 5.11. The Balaban J connectivity index is 2.54. The highest BCUT2D eigenvalue weighted by atomic mass is 35.5. The number of amides is 1. The Kier molecular flexibility index (Phi) is 3.52. The van der Waals surface area contributed by atoms with E-state index in [9.17, 15) is 4.79 Å². The molecule has 0 saturated carbocycles. The van der Waals surface area contributed by atoms with E-state index >= 15 is 0 Å². The summed E-state index contributed by atoms with van der Waals surface area (Å²) in [6.45, 7) is 0. The standard InChI is InChI=1S/C12H11ClN4O2/c1-19-9-4-6(13)2-3-7(9)12-16-5-8(11(15)18)10(14)17-12/h2-5H,1H3,(H2,15,18)(H2,14,16,17). The SMILES string of the molecule is COc1cc(Cl)ccc1-c1ncc(C(N)=O)c(N)n1. The molecule has 1 heterocycles. The van der Waals surface area contributed by atoms with Crippen LogP contribution in [0.2, 0.25) is 5.02 Å². The highest BCUT2D eigenvalue weighted by molar-refractivity contribution is 6.30. The molecule has 19 heavy (non-hydrogen) atoms. The summed E-state index contributed by atoms with van der Waals surface area (Å²) in [5.74, 6) is 0.191. The normalized spacial score (nSPS) is 10.2. The molecule has 6 nitrogen and oxygen atoms in total. The highest BCUT2D eigenvalue weighted by Crippen LogP contribution is 2.30. The molecule has 0 fully saturated rings. The minimum atomic E-state index is -0.674. The molecule has 0 aliphatic rings. The first-order valence-electron chi connectivity index (χ1n) is 5.29. The van der Waals surface area contributed by atoms with Gasteiger partial charge in [0.05, 0.1) is 18.2 Å². The molecule has 4 N–H and O–H groups in total. The zero-order valence-corrected chi connectivity index (χ0v) is 10.8. The molecule has 1 aromatic carbocycles. The van der Waals surface area contributed by atoms with Gasteiger partial charge in [-0.1, -0.05) is 11.6 Å². The summed E-state index contributed by atoms with van der Waals surface area (Å²) in [5.41, 5.74) is 11.5. The topological polar surface area (TPSA) is 104 Å². The van der Waals surface area contributed by atoms with E-state index < -0.39 is 5.91 Å². The van der Waals surface area contributed by atoms with Crippen LogP contribution in [0.1, 0.15) is 10.4 Å². The number of carbonyl (C=O) groups is 1. The smallest absolute Gasteiger partial charge is 0.254 e. The van der Waals surface area contributed by atoms with Crippen molar-refractivity contribution in [3.63, 3.8) is 0 Å². The van der Waals surface area contributed by atoms with Gasteiger partial charge in [-0.3, -0.25) is 4.79 Å². The van der Waals surface area contributed by atoms with Crippen LogP contribution >= 0.6 is 11.6 Å². The van der Waals surface area contributed by atoms with Crippen molar-refractivity contribution < 1.29 is 9.53 Å². The van der Waals surface area contributed by atoms with E-state index in [1.54, 1.807) is 18.2 Å². The predicted octanol–water partition coefficient (Wildman–Crippen LogP) is 1.49. The van der Waals surface area contributed by atoms with Crippen LogP contribution in [0.3, 0.4) is 0 Å². The molecule has 0 unspecified atom stereocenters. The Hall–Kier alpha value is -2.34. The fourth-order valence-electron chi connectivity index (χ4n) is 1.56. The lowest BCUT2D eigenvalue weighted by Gasteiger charge is -2.09. The minimum absolute atomic E-state index is 0.0227. The van der Waals surface area contributed by atoms with E-state index in [2.05, 4.69) is 9.97 Å². The van der Waals surface area contributed by atoms with Gasteiger partial charge < -0.3 is 16.2 Å². The molecule has 2 aromatic rings. The Labute approximate surface area is 114 Å². The van der Waals surface area contributed by atoms with Crippen LogP contribution in [0, 0.1) is 0 Å². The van der Waals surface area contributed by atoms with E-state index in [-0.39, 0.29) is 11.4 Å². The van der Waals surface area contributed by atoms with Crippen LogP contribution < -0.4 is 16.2 Å². The maximum absolute atomic E-state index is 11.1. The number of nitrogens with two attached hydrogens (primary N) is 2. The van der Waals surface area contributed by atoms with E-state index in [0.29, 0.717) is 22.2 Å². The molecule has 1 aromatic heterocycles. The predicted molar refractivity (Wildman–Crippen MR) is 72.0 cm³/mol. The van der Waals surface area contributed by atoms with Crippen LogP contribution in [0.5, 0.6) is 5.75 Å². The van der Waals surface area contributed by atoms with Crippen molar-refractivity contribution in [3.8, 4) is 17.1 Å². The first-order valence-corrected chi connectivity index (χ1v) is 5.67. The maximum Gasteiger partial charge on any atom is 0.254 e. The number of benzene rings is 1. The van der Waals surface area contributed by atoms with Gasteiger partial charge in [0.2, 0.25) is 0 Å². The number of aromatic nitrogens is 2. The summed E-state index contributed by atoms with van der Waals surface area (Å²) >= 11 is 5.87. The van der Waals surface area contributed by atoms with Gasteiger partial charge in [-0.2, -0.15) is 0 Å². The summed E-state index contributed by atoms with van der Waals surface area (Å²) in [6, 6.07) is 5.03. The quantitative estimate of drug-likeness (QED) is 0.885. The molecule has 0 atom stereocenters. The summed E-state index contributed by atoms with van der Waals surface area (Å²) in [6.07, 6.45) is 1.29. The van der Waals surface area contributed by atoms with Gasteiger partial charge in [-0.05, 0) is 18.2 Å². The van der Waals surface area contributed by atoms with Gasteiger partial charge in [-0.25, -0.2) is 9.97 Å². The number of hydrogen-bond donors (Lipinski definition) is 2. The van der Waals surface area contributed by atoms with Crippen LogP contribution in [0.4, 0.5) is 5.82 Å². The van der Waals surface area contributed by atoms with E-state index in [0.717, 1.165) is 0 Å². The van der Waals surface area contributed by atoms with Gasteiger partial charge in [0, 0.05) is 11.2 Å². The Morgan fingerprint density at radius 2 is 2.16 bits per heavy atom. The van der Waals surface area contributed by atoms with Gasteiger partial charge in [0.25, 0.3) is 5.91 Å². The largest absolute Gasteiger partial charge is 0.496 e. The second-order valence-electron chi connectivity index (χ2n) is 3.70. The van der Waals surface area contributed by atoms with Crippen molar-refractivity contribution in [3.05, 3.63) is 35.0 Å². The lowest BCUT2D eigenvalue weighted by Crippen LogP contribution is -2.15. The van der Waals surface area contributed by atoms with Crippen molar-refractivity contribution in [1.29, 1.82) is 0 Å². The number of ether oxygens (including phenoxy) is 1. The minimum Gasteiger partial charge on any atom is -0.496 e. The number of halogens is 1. The molecule has 0 spiro atoms. The molecule has 7 heteroatoms. The highest BCUT2D eigenvalue weighted by Gasteiger charge is 2.13. The van der Waals surface area contributed by atoms with Crippen molar-refractivity contribution >= 4 is 23.3 Å². The van der Waals surface area contributed by atoms with E-state index in [1.807, 2.05) is 0 Å². The lowest BCUT2D eigenvalue weighted by molar-refractivity contribution is 0.100. The van der Waals surface area contributed by atoms with Crippen LogP contribution in [0.25, 0.3) is 11.4 Å². The van der Waals surface area contributed by atoms with E-state index in [4.69, 9.17) is 27.8 Å². The molecule has 0 aliphatic heterocycles. The number of anilines is 1. The first kappa shape index (κ1) is 13.1. The number of nitrogen functional groups attached to an aromatic ring is 1. The number of nitrogens with zero attached hydrogens (tertiary/aromatic N) is 2. The first-order chi connectivity index (χ1) is 9.02. The fraction of sp³-hybridized carbons (Fsp3) is 0.0833. The number of carbonyl (C=O) groups excluding carboxylic acids is 1. The average molecular weight is 279 g/mol. The zero-order valence-electron chi connectivity index (χ0n) is 10.1. The third kappa shape index (κ3) is 2.58. The molecule has 0 saturated heterocycles. The number of hydrogen-bond acceptors (Lipinski definition) is 5. The molecule has 1 amide bonds. The van der Waals surface area contributed by atoms with Crippen LogP contribution in [0.15, 0.2) is 24.4 Å². The van der Waals surface area contributed by atoms with Crippen molar-refractivity contribution in [2.75, 3.05) is 12.8 Å². The zero-order chi connectivity index (χ0) is 14.0. The second-order valence-corrected chi connectivity index (χ2v) is 4.14. The van der Waals surface area contributed by atoms with Crippen molar-refractivity contribution in [1.82, 2.24) is 9.97 Å². The van der Waals surface area contributed by atoms with Gasteiger partial charge in [0.15, 0.2) is 5.82 Å². The van der Waals surface area contributed by atoms with Gasteiger partial charge >= 0.3 is 0 Å². The third-order valence-electron chi connectivity index (χ3n) is 2.49. The van der Waals surface area contributed by atoms with Crippen molar-refractivity contribution in [2.24, 2.45) is 5.73 Å². The lowest BCUT2D eigenvalue weighted by atomic mass is 10.2. The Morgan fingerprint density at radius 1 is 1.42 bits per heavy atom. The van der Waals surface area contributed by atoms with Gasteiger partial charge in [0.1, 0.15) is 11.6 Å². The van der Waals surface area contributed by atoms with Gasteiger partial charge in [-0.15, -0.1) is 0 Å². The maximum atomic E-state index is 11.1. The molecular formula is C12H11ClN4O2. The number of primary amides is 1. The number of rotatable bonds is 3. The fourth-order valence-corrected chi connectivity index (χ4v) is 1.73. The van der Waals surface area contributed by atoms with E-state index in [1.165, 1.54) is 13.3 Å². The Morgan fingerprint density at radius 3 is 2.74 bits per heavy atom. The van der Waals surface area contributed by atoms with Crippen LogP contribution in [-0.4, -0.2) is 23.0 Å². The van der Waals surface area contributed by atoms with Crippen molar-refractivity contribution in [2.45, 2.75) is 0 Å². The monoisotopic (exact) mass is 278 g/mol. The summed E-state index contributed by atoms with van der Waals surface area (Å²) in [7, 11) is 1.51. The molecule has 2 rings (SSSR count). The average Bonchev–Trinajstić information content (AvgIpc) is 2.37. The third-order valence-corrected chi connectivity index (χ3v) is 2.72. The molecule has 0 radical (unpaired) electrons.